The molecule has 2 aromatic rings. The lowest BCUT2D eigenvalue weighted by Gasteiger charge is -2.26. The molecule has 4 aliphatic heterocycles. The maximum Gasteiger partial charge on any atom is 0.259 e. The van der Waals surface area contributed by atoms with Crippen LogP contribution in [0, 0.1) is 0 Å². The summed E-state index contributed by atoms with van der Waals surface area (Å²) in [5.41, 5.74) is 2.37. The van der Waals surface area contributed by atoms with E-state index in [0.29, 0.717) is 19.3 Å². The predicted octanol–water partition coefficient (Wildman–Crippen LogP) is 4.30. The van der Waals surface area contributed by atoms with Crippen molar-refractivity contribution in [3.8, 4) is 23.0 Å². The van der Waals surface area contributed by atoms with Gasteiger partial charge in [0.1, 0.15) is 7.14 Å². The zero-order valence-electron chi connectivity index (χ0n) is 36.1. The molecule has 24 heteroatoms. The molecule has 3 unspecified atom stereocenters. The van der Waals surface area contributed by atoms with E-state index in [2.05, 4.69) is 29.1 Å². The van der Waals surface area contributed by atoms with Gasteiger partial charge in [-0.15, -0.1) is 0 Å². The molecular formula is C40H54N5O14PS4. The summed E-state index contributed by atoms with van der Waals surface area (Å²) >= 11 is 0. The van der Waals surface area contributed by atoms with E-state index in [-0.39, 0.29) is 119 Å². The third kappa shape index (κ3) is 11.8. The van der Waals surface area contributed by atoms with E-state index in [9.17, 15) is 35.8 Å². The van der Waals surface area contributed by atoms with Crippen molar-refractivity contribution in [1.29, 1.82) is 0 Å². The van der Waals surface area contributed by atoms with E-state index in [4.69, 9.17) is 27.3 Å². The molecule has 0 radical (unpaired) electrons. The number of hydrogen-bond acceptors (Lipinski definition) is 18. The number of anilines is 2. The molecule has 5 atom stereocenters. The fourth-order valence-corrected chi connectivity index (χ4v) is 12.9. The van der Waals surface area contributed by atoms with Gasteiger partial charge >= 0.3 is 0 Å². The van der Waals surface area contributed by atoms with Crippen molar-refractivity contribution in [3.05, 3.63) is 59.7 Å². The zero-order valence-corrected chi connectivity index (χ0v) is 40.4. The first kappa shape index (κ1) is 49.3. The van der Waals surface area contributed by atoms with Crippen LogP contribution in [-0.2, 0) is 39.7 Å². The number of methoxy groups -OCH3 is 2. The Bertz CT molecular complexity index is 2220. The van der Waals surface area contributed by atoms with Crippen molar-refractivity contribution >= 4 is 79.8 Å². The fraction of sp³-hybridized carbons (Fsp3) is 0.525. The number of ether oxygens (including phenoxy) is 4. The average molecular weight is 988 g/mol. The van der Waals surface area contributed by atoms with E-state index < -0.39 is 53.7 Å². The third-order valence-corrected chi connectivity index (χ3v) is 17.4. The maximum atomic E-state index is 14.8. The lowest BCUT2D eigenvalue weighted by molar-refractivity contribution is -0.121. The first-order chi connectivity index (χ1) is 30.3. The van der Waals surface area contributed by atoms with Gasteiger partial charge in [-0.2, -0.15) is 0 Å². The second-order valence-corrected chi connectivity index (χ2v) is 24.0. The van der Waals surface area contributed by atoms with Crippen LogP contribution in [0.2, 0.25) is 0 Å². The van der Waals surface area contributed by atoms with Gasteiger partial charge in [0.05, 0.1) is 68.3 Å². The van der Waals surface area contributed by atoms with Crippen molar-refractivity contribution in [2.45, 2.75) is 68.8 Å². The van der Waals surface area contributed by atoms with E-state index in [1.165, 1.54) is 48.3 Å². The minimum atomic E-state index is -3.36. The molecule has 2 saturated heterocycles. The molecule has 4 heterocycles. The number of carbonyl (C=O) groups excluding carboxylic acids is 3. The lowest BCUT2D eigenvalue weighted by atomic mass is 10.1. The fourth-order valence-electron chi connectivity index (χ4n) is 8.00. The number of nitrogens with one attached hydrogen (secondary N) is 3. The number of amides is 3. The summed E-state index contributed by atoms with van der Waals surface area (Å²) in [7, 11) is -3.86. The standard InChI is InChI=1S/C40H54N5O14PS4/c1-23-14-29-36(58-63(50)51)42-27-18-33(31(54-5)16-25(27)38(47)44(29)20-23)56-10-12-60(49,22-41-35(46)8-9-40(3,4)62-61-7)13-11-57-34-19-28-26(17-32(34)55-6)39(48)45-21-24(2)15-30(45)37(43-28)59-64(52)53/h16-19,29-30,36-37,42-43,63-64H,1-2,8-15,20-22H2,3-7H3,(H,41,46)/t29-,30+,36?,37?,60?. The Morgan fingerprint density at radius 2 is 1.27 bits per heavy atom. The molecule has 19 nitrogen and oxygen atoms in total. The van der Waals surface area contributed by atoms with Crippen LogP contribution in [-0.4, -0.2) is 139 Å². The van der Waals surface area contributed by atoms with E-state index in [1.54, 1.807) is 21.6 Å². The summed E-state index contributed by atoms with van der Waals surface area (Å²) in [6, 6.07) is 4.67. The summed E-state index contributed by atoms with van der Waals surface area (Å²) in [4.78, 5) is 43.6. The second-order valence-electron chi connectivity index (χ2n) is 16.3. The largest absolute Gasteiger partial charge is 0.493 e. The van der Waals surface area contributed by atoms with Crippen LogP contribution in [0.25, 0.3) is 0 Å². The molecule has 2 fully saturated rings. The molecule has 2 aromatic carbocycles. The molecule has 64 heavy (non-hydrogen) atoms. The van der Waals surface area contributed by atoms with Gasteiger partial charge in [0.2, 0.25) is 5.91 Å². The smallest absolute Gasteiger partial charge is 0.259 e. The van der Waals surface area contributed by atoms with Crippen LogP contribution in [0.3, 0.4) is 0 Å². The Balaban J connectivity index is 1.21. The number of thiol groups is 2. The van der Waals surface area contributed by atoms with Gasteiger partial charge in [-0.1, -0.05) is 45.9 Å². The molecule has 0 bridgehead atoms. The quantitative estimate of drug-likeness (QED) is 0.0508. The second kappa shape index (κ2) is 21.0. The summed E-state index contributed by atoms with van der Waals surface area (Å²) in [5.74, 6) is -0.314. The summed E-state index contributed by atoms with van der Waals surface area (Å²) < 4.78 is 95.3. The lowest BCUT2D eigenvalue weighted by Crippen LogP contribution is -2.44. The minimum absolute atomic E-state index is 0.0380. The van der Waals surface area contributed by atoms with Gasteiger partial charge in [-0.3, -0.25) is 14.4 Å². The number of nitrogens with zero attached hydrogens (tertiary/aromatic N) is 2. The maximum absolute atomic E-state index is 14.8. The number of carbonyl (C=O) groups is 3. The van der Waals surface area contributed by atoms with E-state index in [1.807, 2.05) is 20.1 Å². The van der Waals surface area contributed by atoms with Crippen LogP contribution < -0.4 is 34.9 Å². The topological polar surface area (TPSA) is 235 Å². The number of fused-ring (bicyclic) bond motifs is 4. The highest BCUT2D eigenvalue weighted by molar-refractivity contribution is 8.76. The summed E-state index contributed by atoms with van der Waals surface area (Å²) in [6.07, 6.45) is 0.961. The van der Waals surface area contributed by atoms with Crippen molar-refractivity contribution in [3.63, 3.8) is 0 Å². The van der Waals surface area contributed by atoms with Crippen LogP contribution in [0.4, 0.5) is 11.4 Å². The van der Waals surface area contributed by atoms with Gasteiger partial charge in [0.25, 0.3) is 33.8 Å². The zero-order chi connectivity index (χ0) is 46.5. The Kier molecular flexibility index (Phi) is 16.2. The van der Waals surface area contributed by atoms with Crippen LogP contribution in [0.15, 0.2) is 48.6 Å². The van der Waals surface area contributed by atoms with E-state index >= 15 is 0 Å². The number of hydrogen-bond donors (Lipinski definition) is 5. The van der Waals surface area contributed by atoms with Crippen LogP contribution in [0.1, 0.15) is 60.2 Å². The highest BCUT2D eigenvalue weighted by atomic mass is 33.1. The Labute approximate surface area is 383 Å². The molecule has 6 rings (SSSR count). The highest BCUT2D eigenvalue weighted by Crippen LogP contribution is 2.46. The SMILES string of the molecule is C=C1C[C@@H]2C(O[SH](=O)=O)Nc3cc(OCCP(=O)(CCOc4cc5c(cc4OC)C(=O)N4CC(=C)C[C@H]4C(O[SH](=O)=O)N5)CNC(=O)CCC(C)(C)SSC)c(OC)cc3C(=O)N2C1. The first-order valence-corrected chi connectivity index (χ1v) is 27.2. The minimum Gasteiger partial charge on any atom is -0.493 e. The molecule has 352 valence electrons. The van der Waals surface area contributed by atoms with Gasteiger partial charge in [0.15, 0.2) is 35.5 Å². The third-order valence-electron chi connectivity index (χ3n) is 11.2. The molecule has 4 aliphatic rings. The number of benzene rings is 2. The molecule has 3 amide bonds. The summed E-state index contributed by atoms with van der Waals surface area (Å²) in [6.45, 7) is 12.2. The Morgan fingerprint density at radius 1 is 0.812 bits per heavy atom. The average Bonchev–Trinajstić information content (AvgIpc) is 3.78. The molecule has 0 spiro atoms. The van der Waals surface area contributed by atoms with Crippen molar-refractivity contribution in [1.82, 2.24) is 15.1 Å². The van der Waals surface area contributed by atoms with E-state index in [0.717, 1.165) is 11.1 Å². The predicted molar refractivity (Wildman–Crippen MR) is 247 cm³/mol. The monoisotopic (exact) mass is 987 g/mol. The summed E-state index contributed by atoms with van der Waals surface area (Å²) in [5, 5.41) is 8.92. The molecule has 3 N–H and O–H groups in total. The van der Waals surface area contributed by atoms with Gasteiger partial charge in [-0.25, -0.2) is 25.2 Å². The van der Waals surface area contributed by atoms with Crippen LogP contribution in [0.5, 0.6) is 23.0 Å². The van der Waals surface area contributed by atoms with Crippen molar-refractivity contribution in [2.75, 3.05) is 76.0 Å². The Hall–Kier alpha value is -4.12. The van der Waals surface area contributed by atoms with Gasteiger partial charge in [-0.05, 0) is 51.5 Å². The van der Waals surface area contributed by atoms with Crippen molar-refractivity contribution in [2.24, 2.45) is 0 Å². The normalized spacial score (nSPS) is 21.5. The molecule has 0 aromatic heterocycles. The van der Waals surface area contributed by atoms with Crippen LogP contribution >= 0.6 is 28.7 Å². The molecular weight excluding hydrogens is 934 g/mol. The van der Waals surface area contributed by atoms with Gasteiger partial charge in [0, 0.05) is 48.7 Å². The first-order valence-electron chi connectivity index (χ1n) is 20.2. The molecule has 0 saturated carbocycles. The highest BCUT2D eigenvalue weighted by Gasteiger charge is 2.44. The number of rotatable bonds is 21. The van der Waals surface area contributed by atoms with Crippen molar-refractivity contribution < 1.29 is 63.1 Å². The van der Waals surface area contributed by atoms with Gasteiger partial charge < -0.3 is 49.3 Å². The molecule has 0 aliphatic carbocycles. The Morgan fingerprint density at radius 3 is 1.67 bits per heavy atom.